The van der Waals surface area contributed by atoms with E-state index in [1.54, 1.807) is 0 Å². The fourth-order valence-corrected chi connectivity index (χ4v) is 3.28. The maximum atomic E-state index is 12.1. The van der Waals surface area contributed by atoms with Gasteiger partial charge in [0.1, 0.15) is 4.90 Å². The zero-order valence-electron chi connectivity index (χ0n) is 11.9. The Morgan fingerprint density at radius 2 is 2.10 bits per heavy atom. The van der Waals surface area contributed by atoms with Gasteiger partial charge in [-0.1, -0.05) is 26.2 Å². The van der Waals surface area contributed by atoms with E-state index in [0.29, 0.717) is 0 Å². The molecule has 1 amide bonds. The van der Waals surface area contributed by atoms with Crippen molar-refractivity contribution >= 4 is 25.6 Å². The molecule has 0 radical (unpaired) electrons. The summed E-state index contributed by atoms with van der Waals surface area (Å²) in [5.74, 6) is -0.530. The van der Waals surface area contributed by atoms with Crippen molar-refractivity contribution in [2.75, 3.05) is 0 Å². The van der Waals surface area contributed by atoms with Gasteiger partial charge in [-0.05, 0) is 20.3 Å². The minimum Gasteiger partial charge on any atom is -0.348 e. The van der Waals surface area contributed by atoms with Crippen LogP contribution in [0.5, 0.6) is 0 Å². The molecule has 8 heteroatoms. The van der Waals surface area contributed by atoms with Gasteiger partial charge in [-0.15, -0.1) is 0 Å². The largest absolute Gasteiger partial charge is 0.348 e. The van der Waals surface area contributed by atoms with Crippen LogP contribution in [0.1, 0.15) is 55.7 Å². The number of hydrogen-bond acceptors (Lipinski definition) is 4. The maximum absolute atomic E-state index is 12.1. The van der Waals surface area contributed by atoms with Crippen molar-refractivity contribution in [2.24, 2.45) is 0 Å². The molecule has 0 aliphatic carbocycles. The van der Waals surface area contributed by atoms with Crippen LogP contribution in [0.4, 0.5) is 0 Å². The number of nitrogens with zero attached hydrogens (tertiary/aromatic N) is 1. The van der Waals surface area contributed by atoms with Gasteiger partial charge in [-0.2, -0.15) is 5.10 Å². The Hall–Kier alpha value is -1.08. The average Bonchev–Trinajstić information content (AvgIpc) is 2.71. The van der Waals surface area contributed by atoms with Crippen LogP contribution in [0.2, 0.25) is 0 Å². The summed E-state index contributed by atoms with van der Waals surface area (Å²) in [6, 6.07) is -0.0445. The van der Waals surface area contributed by atoms with E-state index < -0.39 is 15.0 Å². The van der Waals surface area contributed by atoms with Crippen LogP contribution >= 0.6 is 10.7 Å². The van der Waals surface area contributed by atoms with Gasteiger partial charge in [0.25, 0.3) is 15.0 Å². The van der Waals surface area contributed by atoms with E-state index in [1.807, 2.05) is 6.92 Å². The van der Waals surface area contributed by atoms with Gasteiger partial charge in [0.15, 0.2) is 5.69 Å². The van der Waals surface area contributed by atoms with Crippen LogP contribution in [-0.2, 0) is 9.05 Å². The SMILES string of the molecule is CCCCCC(C)NC(=O)c1n[nH]c(C)c1S(=O)(=O)Cl. The summed E-state index contributed by atoms with van der Waals surface area (Å²) in [4.78, 5) is 11.8. The first-order valence-electron chi connectivity index (χ1n) is 6.57. The monoisotopic (exact) mass is 321 g/mol. The van der Waals surface area contributed by atoms with E-state index in [-0.39, 0.29) is 22.3 Å². The van der Waals surface area contributed by atoms with Crippen LogP contribution in [0.15, 0.2) is 4.90 Å². The molecule has 1 rings (SSSR count). The van der Waals surface area contributed by atoms with Gasteiger partial charge in [-0.3, -0.25) is 9.89 Å². The van der Waals surface area contributed by atoms with Crippen molar-refractivity contribution < 1.29 is 13.2 Å². The molecule has 1 aromatic heterocycles. The third-order valence-electron chi connectivity index (χ3n) is 2.97. The Morgan fingerprint density at radius 3 is 2.65 bits per heavy atom. The van der Waals surface area contributed by atoms with Crippen LogP contribution in [-0.4, -0.2) is 30.6 Å². The van der Waals surface area contributed by atoms with Gasteiger partial charge >= 0.3 is 0 Å². The first-order chi connectivity index (χ1) is 9.27. The van der Waals surface area contributed by atoms with Gasteiger partial charge in [0, 0.05) is 16.7 Å². The van der Waals surface area contributed by atoms with Gasteiger partial charge < -0.3 is 5.32 Å². The summed E-state index contributed by atoms with van der Waals surface area (Å²) < 4.78 is 22.9. The lowest BCUT2D eigenvalue weighted by Crippen LogP contribution is -2.33. The number of rotatable bonds is 7. The van der Waals surface area contributed by atoms with Gasteiger partial charge in [0.05, 0.1) is 5.69 Å². The number of aryl methyl sites for hydroxylation is 1. The van der Waals surface area contributed by atoms with Crippen molar-refractivity contribution in [2.45, 2.75) is 57.4 Å². The minimum absolute atomic E-state index is 0.0445. The molecule has 0 aliphatic heterocycles. The summed E-state index contributed by atoms with van der Waals surface area (Å²) >= 11 is 0. The fourth-order valence-electron chi connectivity index (χ4n) is 1.94. The van der Waals surface area contributed by atoms with Crippen molar-refractivity contribution in [1.82, 2.24) is 15.5 Å². The number of carbonyl (C=O) groups excluding carboxylic acids is 1. The number of unbranched alkanes of at least 4 members (excludes halogenated alkanes) is 2. The first-order valence-corrected chi connectivity index (χ1v) is 8.88. The van der Waals surface area contributed by atoms with Gasteiger partial charge in [0.2, 0.25) is 0 Å². The molecule has 114 valence electrons. The Kier molecular flexibility index (Phi) is 6.01. The Morgan fingerprint density at radius 1 is 1.45 bits per heavy atom. The lowest BCUT2D eigenvalue weighted by atomic mass is 10.1. The second-order valence-corrected chi connectivity index (χ2v) is 7.34. The number of aromatic amines is 1. The van der Waals surface area contributed by atoms with Crippen molar-refractivity contribution in [3.8, 4) is 0 Å². The Balaban J connectivity index is 2.79. The molecule has 0 fully saturated rings. The highest BCUT2D eigenvalue weighted by Gasteiger charge is 2.27. The van der Waals surface area contributed by atoms with Crippen LogP contribution < -0.4 is 5.32 Å². The molecular formula is C12H20ClN3O3S. The second kappa shape index (κ2) is 7.08. The standard InChI is InChI=1S/C12H20ClN3O3S/c1-4-5-6-7-8(2)14-12(17)10-11(20(13,18)19)9(3)15-16-10/h8H,4-7H2,1-3H3,(H,14,17)(H,15,16). The normalized spacial score (nSPS) is 13.2. The number of halogens is 1. The molecule has 0 bridgehead atoms. The van der Waals surface area contributed by atoms with Crippen molar-refractivity contribution in [3.63, 3.8) is 0 Å². The van der Waals surface area contributed by atoms with E-state index in [4.69, 9.17) is 10.7 Å². The first kappa shape index (κ1) is 17.0. The fraction of sp³-hybridized carbons (Fsp3) is 0.667. The molecule has 1 heterocycles. The molecule has 1 aromatic rings. The average molecular weight is 322 g/mol. The predicted molar refractivity (Wildman–Crippen MR) is 77.4 cm³/mol. The number of H-pyrrole nitrogens is 1. The predicted octanol–water partition coefficient (Wildman–Crippen LogP) is 2.34. The molecule has 1 unspecified atom stereocenters. The maximum Gasteiger partial charge on any atom is 0.273 e. The van der Waals surface area contributed by atoms with Crippen molar-refractivity contribution in [3.05, 3.63) is 11.4 Å². The summed E-state index contributed by atoms with van der Waals surface area (Å²) in [5, 5.41) is 8.94. The zero-order chi connectivity index (χ0) is 15.3. The highest BCUT2D eigenvalue weighted by Crippen LogP contribution is 2.21. The third-order valence-corrected chi connectivity index (χ3v) is 4.42. The molecule has 0 spiro atoms. The highest BCUT2D eigenvalue weighted by atomic mass is 35.7. The summed E-state index contributed by atoms with van der Waals surface area (Å²) in [5.41, 5.74) is 0.0728. The highest BCUT2D eigenvalue weighted by molar-refractivity contribution is 8.13. The molecule has 0 saturated carbocycles. The zero-order valence-corrected chi connectivity index (χ0v) is 13.4. The van der Waals surface area contributed by atoms with E-state index >= 15 is 0 Å². The van der Waals surface area contributed by atoms with Crippen LogP contribution in [0.25, 0.3) is 0 Å². The molecule has 0 saturated heterocycles. The topological polar surface area (TPSA) is 91.9 Å². The minimum atomic E-state index is -4.00. The van der Waals surface area contributed by atoms with Crippen LogP contribution in [0.3, 0.4) is 0 Å². The molecule has 1 atom stereocenters. The number of aromatic nitrogens is 2. The lowest BCUT2D eigenvalue weighted by molar-refractivity contribution is 0.0929. The Labute approximate surface area is 123 Å². The summed E-state index contributed by atoms with van der Waals surface area (Å²) in [6.07, 6.45) is 4.06. The number of nitrogens with one attached hydrogen (secondary N) is 2. The van der Waals surface area contributed by atoms with E-state index in [1.165, 1.54) is 6.92 Å². The molecule has 20 heavy (non-hydrogen) atoms. The molecule has 0 aliphatic rings. The Bertz CT molecular complexity index is 569. The van der Waals surface area contributed by atoms with Gasteiger partial charge in [-0.25, -0.2) is 8.42 Å². The van der Waals surface area contributed by atoms with Crippen molar-refractivity contribution in [1.29, 1.82) is 0 Å². The molecule has 0 aromatic carbocycles. The quantitative estimate of drug-likeness (QED) is 0.595. The van der Waals surface area contributed by atoms with E-state index in [9.17, 15) is 13.2 Å². The van der Waals surface area contributed by atoms with E-state index in [0.717, 1.165) is 25.7 Å². The number of amides is 1. The lowest BCUT2D eigenvalue weighted by Gasteiger charge is -2.12. The molecule has 6 nitrogen and oxygen atoms in total. The number of hydrogen-bond donors (Lipinski definition) is 2. The number of carbonyl (C=O) groups is 1. The van der Waals surface area contributed by atoms with Crippen LogP contribution in [0, 0.1) is 6.92 Å². The molecule has 2 N–H and O–H groups in total. The molecular weight excluding hydrogens is 302 g/mol. The smallest absolute Gasteiger partial charge is 0.273 e. The third kappa shape index (κ3) is 4.49. The summed E-state index contributed by atoms with van der Waals surface area (Å²) in [6.45, 7) is 5.49. The summed E-state index contributed by atoms with van der Waals surface area (Å²) in [7, 11) is 1.32. The second-order valence-electron chi connectivity index (χ2n) is 4.83. The van der Waals surface area contributed by atoms with E-state index in [2.05, 4.69) is 22.4 Å².